The topological polar surface area (TPSA) is 38.3 Å². The van der Waals surface area contributed by atoms with Crippen LogP contribution < -0.4 is 10.1 Å². The van der Waals surface area contributed by atoms with Crippen molar-refractivity contribution in [1.82, 2.24) is 0 Å². The number of anilines is 1. The van der Waals surface area contributed by atoms with E-state index in [-0.39, 0.29) is 11.7 Å². The predicted molar refractivity (Wildman–Crippen MR) is 96.6 cm³/mol. The Kier molecular flexibility index (Phi) is 5.31. The van der Waals surface area contributed by atoms with Gasteiger partial charge in [-0.25, -0.2) is 4.39 Å². The van der Waals surface area contributed by atoms with Gasteiger partial charge in [-0.2, -0.15) is 0 Å². The number of hydrogen-bond acceptors (Lipinski definition) is 2. The van der Waals surface area contributed by atoms with Gasteiger partial charge >= 0.3 is 0 Å². The van der Waals surface area contributed by atoms with Crippen molar-refractivity contribution < 1.29 is 13.9 Å². The van der Waals surface area contributed by atoms with Gasteiger partial charge in [0.1, 0.15) is 18.2 Å². The largest absolute Gasteiger partial charge is 0.488 e. The molecule has 0 aliphatic rings. The van der Waals surface area contributed by atoms with E-state index in [0.717, 1.165) is 5.56 Å². The molecule has 0 saturated carbocycles. The molecule has 5 heteroatoms. The van der Waals surface area contributed by atoms with Crippen molar-refractivity contribution in [3.05, 3.63) is 94.8 Å². The van der Waals surface area contributed by atoms with Gasteiger partial charge in [-0.15, -0.1) is 0 Å². The van der Waals surface area contributed by atoms with Crippen LogP contribution in [-0.2, 0) is 6.61 Å². The molecule has 0 aromatic heterocycles. The summed E-state index contributed by atoms with van der Waals surface area (Å²) < 4.78 is 18.8. The van der Waals surface area contributed by atoms with Crippen molar-refractivity contribution in [2.24, 2.45) is 0 Å². The van der Waals surface area contributed by atoms with Crippen LogP contribution in [0.2, 0.25) is 5.02 Å². The van der Waals surface area contributed by atoms with E-state index in [1.807, 2.05) is 30.3 Å². The molecule has 3 nitrogen and oxygen atoms in total. The summed E-state index contributed by atoms with van der Waals surface area (Å²) >= 11 is 6.02. The second-order valence-corrected chi connectivity index (χ2v) is 5.81. The molecule has 1 amide bonds. The molecule has 0 bridgehead atoms. The van der Waals surface area contributed by atoms with Gasteiger partial charge in [-0.3, -0.25) is 4.79 Å². The fourth-order valence-corrected chi connectivity index (χ4v) is 2.44. The highest BCUT2D eigenvalue weighted by atomic mass is 35.5. The highest BCUT2D eigenvalue weighted by molar-refractivity contribution is 6.31. The summed E-state index contributed by atoms with van der Waals surface area (Å²) in [5.74, 6) is -0.322. The van der Waals surface area contributed by atoms with Crippen LogP contribution in [0.5, 0.6) is 5.75 Å². The summed E-state index contributed by atoms with van der Waals surface area (Å²) in [4.78, 5) is 12.5. The molecule has 0 aliphatic heterocycles. The van der Waals surface area contributed by atoms with Gasteiger partial charge < -0.3 is 10.1 Å². The molecular formula is C20H15ClFNO2. The van der Waals surface area contributed by atoms with E-state index in [0.29, 0.717) is 28.6 Å². The zero-order valence-electron chi connectivity index (χ0n) is 13.2. The van der Waals surface area contributed by atoms with Crippen molar-refractivity contribution in [1.29, 1.82) is 0 Å². The molecule has 3 aromatic rings. The van der Waals surface area contributed by atoms with E-state index in [1.54, 1.807) is 18.2 Å². The average molecular weight is 356 g/mol. The first-order valence-electron chi connectivity index (χ1n) is 7.65. The van der Waals surface area contributed by atoms with Gasteiger partial charge in [0, 0.05) is 10.7 Å². The Hall–Kier alpha value is -2.85. The lowest BCUT2D eigenvalue weighted by atomic mass is 10.1. The van der Waals surface area contributed by atoms with Crippen molar-refractivity contribution in [2.45, 2.75) is 6.61 Å². The third kappa shape index (κ3) is 4.58. The van der Waals surface area contributed by atoms with Crippen molar-refractivity contribution in [2.75, 3.05) is 5.32 Å². The van der Waals surface area contributed by atoms with Crippen molar-refractivity contribution in [3.8, 4) is 5.75 Å². The Morgan fingerprint density at radius 2 is 1.72 bits per heavy atom. The maximum atomic E-state index is 13.0. The molecule has 0 radical (unpaired) electrons. The van der Waals surface area contributed by atoms with Crippen LogP contribution in [0, 0.1) is 5.82 Å². The predicted octanol–water partition coefficient (Wildman–Crippen LogP) is 5.31. The number of ether oxygens (including phenoxy) is 1. The highest BCUT2D eigenvalue weighted by Crippen LogP contribution is 2.25. The first kappa shape index (κ1) is 17.0. The van der Waals surface area contributed by atoms with Crippen LogP contribution in [-0.4, -0.2) is 5.91 Å². The Balaban J connectivity index is 1.78. The van der Waals surface area contributed by atoms with Crippen LogP contribution in [0.4, 0.5) is 10.1 Å². The third-order valence-electron chi connectivity index (χ3n) is 3.53. The van der Waals surface area contributed by atoms with Crippen LogP contribution in [0.3, 0.4) is 0 Å². The maximum Gasteiger partial charge on any atom is 0.259 e. The summed E-state index contributed by atoms with van der Waals surface area (Å²) in [5, 5.41) is 3.13. The fourth-order valence-electron chi connectivity index (χ4n) is 2.27. The molecule has 0 unspecified atom stereocenters. The summed E-state index contributed by atoms with van der Waals surface area (Å²) in [6, 6.07) is 20.0. The van der Waals surface area contributed by atoms with Crippen LogP contribution in [0.25, 0.3) is 0 Å². The molecule has 3 aromatic carbocycles. The first-order chi connectivity index (χ1) is 12.1. The summed E-state index contributed by atoms with van der Waals surface area (Å²) in [6.45, 7) is 0.333. The van der Waals surface area contributed by atoms with Crippen LogP contribution in [0.15, 0.2) is 72.8 Å². The van der Waals surface area contributed by atoms with E-state index in [2.05, 4.69) is 5.32 Å². The minimum Gasteiger partial charge on any atom is -0.488 e. The molecule has 0 atom stereocenters. The molecule has 1 N–H and O–H groups in total. The first-order valence-corrected chi connectivity index (χ1v) is 8.03. The Morgan fingerprint density at radius 1 is 1.00 bits per heavy atom. The van der Waals surface area contributed by atoms with E-state index >= 15 is 0 Å². The lowest BCUT2D eigenvalue weighted by molar-refractivity contribution is 0.102. The Bertz CT molecular complexity index is 867. The molecule has 126 valence electrons. The van der Waals surface area contributed by atoms with Gasteiger partial charge in [-0.05, 0) is 48.0 Å². The van der Waals surface area contributed by atoms with Gasteiger partial charge in [0.25, 0.3) is 5.91 Å². The number of nitrogens with one attached hydrogen (secondary N) is 1. The van der Waals surface area contributed by atoms with E-state index < -0.39 is 0 Å². The molecule has 0 heterocycles. The minimum atomic E-state index is -0.378. The molecule has 3 rings (SSSR count). The molecule has 25 heavy (non-hydrogen) atoms. The monoisotopic (exact) mass is 355 g/mol. The molecular weight excluding hydrogens is 341 g/mol. The SMILES string of the molecule is O=C(Nc1ccc(F)cc1)c1cc(Cl)ccc1OCc1ccccc1. The molecule has 0 saturated heterocycles. The number of halogens is 2. The normalized spacial score (nSPS) is 10.3. The standard InChI is InChI=1S/C20H15ClFNO2/c21-15-6-11-19(25-13-14-4-2-1-3-5-14)18(12-15)20(24)23-17-9-7-16(22)8-10-17/h1-12H,13H2,(H,23,24). The number of carbonyl (C=O) groups is 1. The van der Waals surface area contributed by atoms with E-state index in [9.17, 15) is 9.18 Å². The number of benzene rings is 3. The average Bonchev–Trinajstić information content (AvgIpc) is 2.63. The lowest BCUT2D eigenvalue weighted by Gasteiger charge is -2.12. The Morgan fingerprint density at radius 3 is 2.44 bits per heavy atom. The molecule has 0 spiro atoms. The summed E-state index contributed by atoms with van der Waals surface area (Å²) in [5.41, 5.74) is 1.79. The second-order valence-electron chi connectivity index (χ2n) is 5.38. The van der Waals surface area contributed by atoms with Crippen molar-refractivity contribution in [3.63, 3.8) is 0 Å². The number of hydrogen-bond donors (Lipinski definition) is 1. The number of carbonyl (C=O) groups excluding carboxylic acids is 1. The maximum absolute atomic E-state index is 13.0. The zero-order chi connectivity index (χ0) is 17.6. The summed E-state index contributed by atoms with van der Waals surface area (Å²) in [6.07, 6.45) is 0. The van der Waals surface area contributed by atoms with Crippen LogP contribution in [0.1, 0.15) is 15.9 Å². The molecule has 0 fully saturated rings. The van der Waals surface area contributed by atoms with Crippen molar-refractivity contribution >= 4 is 23.2 Å². The van der Waals surface area contributed by atoms with Gasteiger partial charge in [0.15, 0.2) is 0 Å². The van der Waals surface area contributed by atoms with Gasteiger partial charge in [0.2, 0.25) is 0 Å². The van der Waals surface area contributed by atoms with Gasteiger partial charge in [0.05, 0.1) is 5.56 Å². The Labute approximate surface area is 150 Å². The second kappa shape index (κ2) is 7.81. The highest BCUT2D eigenvalue weighted by Gasteiger charge is 2.14. The van der Waals surface area contributed by atoms with Crippen LogP contribution >= 0.6 is 11.6 Å². The quantitative estimate of drug-likeness (QED) is 0.673. The fraction of sp³-hybridized carbons (Fsp3) is 0.0500. The number of rotatable bonds is 5. The summed E-state index contributed by atoms with van der Waals surface area (Å²) in [7, 11) is 0. The third-order valence-corrected chi connectivity index (χ3v) is 3.76. The van der Waals surface area contributed by atoms with E-state index in [4.69, 9.17) is 16.3 Å². The number of amides is 1. The zero-order valence-corrected chi connectivity index (χ0v) is 14.0. The smallest absolute Gasteiger partial charge is 0.259 e. The van der Waals surface area contributed by atoms with E-state index in [1.165, 1.54) is 24.3 Å². The molecule has 0 aliphatic carbocycles. The lowest BCUT2D eigenvalue weighted by Crippen LogP contribution is -2.13. The van der Waals surface area contributed by atoms with Gasteiger partial charge in [-0.1, -0.05) is 41.9 Å². The minimum absolute atomic E-state index is 0.313.